The van der Waals surface area contributed by atoms with Crippen molar-refractivity contribution in [1.82, 2.24) is 5.32 Å². The summed E-state index contributed by atoms with van der Waals surface area (Å²) in [6.45, 7) is 0. The van der Waals surface area contributed by atoms with Gasteiger partial charge in [-0.3, -0.25) is 35.1 Å². The average Bonchev–Trinajstić information content (AvgIpc) is 2.84. The van der Waals surface area contributed by atoms with E-state index in [-0.39, 0.29) is 22.7 Å². The molecule has 4 amide bonds. The van der Waals surface area contributed by atoms with E-state index < -0.39 is 44.6 Å². The highest BCUT2D eigenvalue weighted by Crippen LogP contribution is 2.37. The summed E-state index contributed by atoms with van der Waals surface area (Å²) in [4.78, 5) is 59.8. The van der Waals surface area contributed by atoms with Gasteiger partial charge in [0.15, 0.2) is 0 Å². The number of amides is 4. The molecule has 12 nitrogen and oxygen atoms in total. The summed E-state index contributed by atoms with van der Waals surface area (Å²) in [7, 11) is 0. The number of hydrogen-bond acceptors (Lipinski definition) is 8. The van der Waals surface area contributed by atoms with E-state index >= 15 is 0 Å². The number of nitrogens with zero attached hydrogens (tertiary/aromatic N) is 3. The van der Waals surface area contributed by atoms with Gasteiger partial charge in [-0.1, -0.05) is 27.5 Å². The fraction of sp³-hybridized carbons (Fsp3) is 0. The molecular weight excluding hydrogens is 576 g/mol. The number of rotatable bonds is 6. The predicted octanol–water partition coefficient (Wildman–Crippen LogP) is 5.38. The molecule has 4 rings (SSSR count). The Kier molecular flexibility index (Phi) is 7.00. The van der Waals surface area contributed by atoms with Crippen LogP contribution in [0.1, 0.15) is 5.56 Å². The number of barbiturate groups is 1. The van der Waals surface area contributed by atoms with Crippen LogP contribution in [0.4, 0.5) is 21.9 Å². The number of imide groups is 2. The number of halogens is 2. The number of benzene rings is 3. The number of nitro groups is 2. The first-order valence-electron chi connectivity index (χ1n) is 10.1. The van der Waals surface area contributed by atoms with Crippen LogP contribution < -0.4 is 15.0 Å². The van der Waals surface area contributed by atoms with Crippen LogP contribution in [0.15, 0.2) is 70.7 Å². The van der Waals surface area contributed by atoms with E-state index in [0.29, 0.717) is 9.50 Å². The third kappa shape index (κ3) is 5.32. The molecule has 1 N–H and O–H groups in total. The summed E-state index contributed by atoms with van der Waals surface area (Å²) >= 11 is 9.15. The second kappa shape index (κ2) is 10.2. The monoisotopic (exact) mass is 586 g/mol. The molecule has 0 unspecified atom stereocenters. The third-order valence-corrected chi connectivity index (χ3v) is 5.77. The molecule has 0 radical (unpaired) electrons. The fourth-order valence-corrected chi connectivity index (χ4v) is 3.83. The topological polar surface area (TPSA) is 162 Å². The zero-order valence-corrected chi connectivity index (χ0v) is 20.6. The molecule has 0 bridgehead atoms. The van der Waals surface area contributed by atoms with E-state index in [1.807, 2.05) is 0 Å². The van der Waals surface area contributed by atoms with E-state index in [0.717, 1.165) is 29.2 Å². The number of anilines is 1. The molecule has 0 spiro atoms. The molecule has 1 fully saturated rings. The summed E-state index contributed by atoms with van der Waals surface area (Å²) in [6, 6.07) is 12.1. The maximum Gasteiger partial charge on any atom is 0.335 e. The number of carbonyl (C=O) groups is 3. The molecular formula is C23H12BrClN4O8. The highest BCUT2D eigenvalue weighted by atomic mass is 79.9. The Bertz CT molecular complexity index is 1520. The second-order valence-corrected chi connectivity index (χ2v) is 8.74. The standard InChI is InChI=1S/C23H12BrClN4O8/c24-13-1-7-19(37-20-8-6-16(28(33)34)11-18(20)29(35)36)12(9-13)10-17-21(30)26-23(32)27(22(17)31)15-4-2-14(25)3-5-15/h1-11H,(H,26,30,32)/b17-10+. The molecule has 0 saturated carbocycles. The number of nitrogens with one attached hydrogen (secondary N) is 1. The lowest BCUT2D eigenvalue weighted by atomic mass is 10.1. The minimum absolute atomic E-state index is 0.0109. The Labute approximate surface area is 220 Å². The first kappa shape index (κ1) is 25.5. The predicted molar refractivity (Wildman–Crippen MR) is 134 cm³/mol. The molecule has 1 heterocycles. The summed E-state index contributed by atoms with van der Waals surface area (Å²) < 4.78 is 6.19. The zero-order chi connectivity index (χ0) is 26.9. The van der Waals surface area contributed by atoms with Crippen LogP contribution in [-0.2, 0) is 9.59 Å². The van der Waals surface area contributed by atoms with Crippen molar-refractivity contribution in [1.29, 1.82) is 0 Å². The Balaban J connectivity index is 1.76. The Morgan fingerprint density at radius 1 is 0.919 bits per heavy atom. The molecule has 0 aromatic heterocycles. The van der Waals surface area contributed by atoms with E-state index in [4.69, 9.17) is 16.3 Å². The Hall–Kier alpha value is -4.62. The van der Waals surface area contributed by atoms with E-state index in [2.05, 4.69) is 21.2 Å². The van der Waals surface area contributed by atoms with Gasteiger partial charge in [-0.05, 0) is 54.6 Å². The van der Waals surface area contributed by atoms with Crippen LogP contribution >= 0.6 is 27.5 Å². The number of nitro benzene ring substituents is 2. The molecule has 186 valence electrons. The third-order valence-electron chi connectivity index (χ3n) is 5.03. The second-order valence-electron chi connectivity index (χ2n) is 7.38. The fourth-order valence-electron chi connectivity index (χ4n) is 3.33. The molecule has 0 atom stereocenters. The molecule has 0 aliphatic carbocycles. The van der Waals surface area contributed by atoms with Crippen molar-refractivity contribution in [3.8, 4) is 11.5 Å². The lowest BCUT2D eigenvalue weighted by Crippen LogP contribution is -2.54. The maximum absolute atomic E-state index is 13.2. The number of carbonyl (C=O) groups excluding carboxylic acids is 3. The van der Waals surface area contributed by atoms with Crippen LogP contribution in [-0.4, -0.2) is 27.7 Å². The van der Waals surface area contributed by atoms with E-state index in [1.54, 1.807) is 6.07 Å². The van der Waals surface area contributed by atoms with Crippen molar-refractivity contribution >= 4 is 68.5 Å². The maximum atomic E-state index is 13.2. The smallest absolute Gasteiger partial charge is 0.335 e. The van der Waals surface area contributed by atoms with Gasteiger partial charge in [-0.25, -0.2) is 9.69 Å². The van der Waals surface area contributed by atoms with Gasteiger partial charge in [0.2, 0.25) is 5.75 Å². The summed E-state index contributed by atoms with van der Waals surface area (Å²) in [5, 5.41) is 25.0. The summed E-state index contributed by atoms with van der Waals surface area (Å²) in [6.07, 6.45) is 1.16. The first-order valence-corrected chi connectivity index (χ1v) is 11.3. The van der Waals surface area contributed by atoms with Crippen LogP contribution in [0, 0.1) is 20.2 Å². The van der Waals surface area contributed by atoms with Gasteiger partial charge in [0.05, 0.1) is 21.6 Å². The van der Waals surface area contributed by atoms with Gasteiger partial charge in [0.1, 0.15) is 11.3 Å². The van der Waals surface area contributed by atoms with Crippen molar-refractivity contribution in [2.45, 2.75) is 0 Å². The molecule has 1 saturated heterocycles. The summed E-state index contributed by atoms with van der Waals surface area (Å²) in [5.74, 6) is -2.21. The molecule has 3 aromatic rings. The van der Waals surface area contributed by atoms with Gasteiger partial charge in [-0.2, -0.15) is 0 Å². The number of non-ortho nitro benzene ring substituents is 1. The van der Waals surface area contributed by atoms with Gasteiger partial charge in [-0.15, -0.1) is 0 Å². The molecule has 14 heteroatoms. The van der Waals surface area contributed by atoms with Gasteiger partial charge in [0.25, 0.3) is 17.5 Å². The molecule has 1 aliphatic rings. The lowest BCUT2D eigenvalue weighted by Gasteiger charge is -2.26. The average molecular weight is 588 g/mol. The minimum atomic E-state index is -0.965. The quantitative estimate of drug-likeness (QED) is 0.174. The highest BCUT2D eigenvalue weighted by molar-refractivity contribution is 9.10. The van der Waals surface area contributed by atoms with Crippen molar-refractivity contribution in [3.63, 3.8) is 0 Å². The first-order chi connectivity index (χ1) is 17.5. The summed E-state index contributed by atoms with van der Waals surface area (Å²) in [5.41, 5.74) is -1.28. The van der Waals surface area contributed by atoms with Gasteiger partial charge >= 0.3 is 11.7 Å². The van der Waals surface area contributed by atoms with E-state index in [1.165, 1.54) is 36.4 Å². The zero-order valence-electron chi connectivity index (χ0n) is 18.2. The highest BCUT2D eigenvalue weighted by Gasteiger charge is 2.37. The Morgan fingerprint density at radius 2 is 1.59 bits per heavy atom. The van der Waals surface area contributed by atoms with Crippen LogP contribution in [0.2, 0.25) is 5.02 Å². The van der Waals surface area contributed by atoms with Crippen LogP contribution in [0.5, 0.6) is 11.5 Å². The minimum Gasteiger partial charge on any atom is -0.449 e. The van der Waals surface area contributed by atoms with Gasteiger partial charge in [0, 0.05) is 21.1 Å². The molecule has 3 aromatic carbocycles. The van der Waals surface area contributed by atoms with Crippen LogP contribution in [0.3, 0.4) is 0 Å². The van der Waals surface area contributed by atoms with Crippen molar-refractivity contribution in [2.24, 2.45) is 0 Å². The van der Waals surface area contributed by atoms with Crippen molar-refractivity contribution in [2.75, 3.05) is 4.90 Å². The molecule has 1 aliphatic heterocycles. The normalized spacial score (nSPS) is 14.5. The van der Waals surface area contributed by atoms with Crippen molar-refractivity contribution in [3.05, 3.63) is 102 Å². The molecule has 37 heavy (non-hydrogen) atoms. The van der Waals surface area contributed by atoms with Gasteiger partial charge < -0.3 is 4.74 Å². The largest absolute Gasteiger partial charge is 0.449 e. The SMILES string of the molecule is O=C1NC(=O)N(c2ccc(Cl)cc2)C(=O)/C1=C/c1cc(Br)ccc1Oc1ccc([N+](=O)[O-])cc1[N+](=O)[O-]. The van der Waals surface area contributed by atoms with Crippen LogP contribution in [0.25, 0.3) is 6.08 Å². The van der Waals surface area contributed by atoms with E-state index in [9.17, 15) is 34.6 Å². The number of urea groups is 1. The Morgan fingerprint density at radius 3 is 2.24 bits per heavy atom. The van der Waals surface area contributed by atoms with Crippen molar-refractivity contribution < 1.29 is 29.0 Å². The lowest BCUT2D eigenvalue weighted by molar-refractivity contribution is -0.394. The number of hydrogen-bond donors (Lipinski definition) is 1. The number of ether oxygens (including phenoxy) is 1.